The van der Waals surface area contributed by atoms with Gasteiger partial charge in [0.1, 0.15) is 29.3 Å². The number of benzene rings is 2. The molecule has 2 aromatic carbocycles. The molecule has 0 aliphatic carbocycles. The van der Waals surface area contributed by atoms with Crippen LogP contribution in [0.25, 0.3) is 22.3 Å². The summed E-state index contributed by atoms with van der Waals surface area (Å²) >= 11 is 0. The minimum atomic E-state index is 0.0366. The maximum atomic E-state index is 6.23. The molecule has 3 N–H and O–H groups in total. The summed E-state index contributed by atoms with van der Waals surface area (Å²) in [5.41, 5.74) is 8.83. The van der Waals surface area contributed by atoms with E-state index in [9.17, 15) is 0 Å². The van der Waals surface area contributed by atoms with Gasteiger partial charge in [0.15, 0.2) is 5.65 Å². The van der Waals surface area contributed by atoms with Crippen LogP contribution < -0.4 is 15.8 Å². The van der Waals surface area contributed by atoms with Gasteiger partial charge in [-0.15, -0.1) is 0 Å². The van der Waals surface area contributed by atoms with Crippen molar-refractivity contribution >= 4 is 16.9 Å². The first-order valence-corrected chi connectivity index (χ1v) is 14.9. The molecule has 0 radical (unpaired) electrons. The maximum Gasteiger partial charge on any atom is 0.164 e. The molecule has 0 unspecified atom stereocenters. The summed E-state index contributed by atoms with van der Waals surface area (Å²) < 4.78 is 13.5. The van der Waals surface area contributed by atoms with Gasteiger partial charge in [0, 0.05) is 12.2 Å². The van der Waals surface area contributed by atoms with Crippen molar-refractivity contribution in [1.82, 2.24) is 25.1 Å². The van der Waals surface area contributed by atoms with Crippen molar-refractivity contribution in [2.75, 3.05) is 25.4 Å². The lowest BCUT2D eigenvalue weighted by Gasteiger charge is -2.23. The molecule has 0 bridgehead atoms. The molecule has 8 nitrogen and oxygen atoms in total. The van der Waals surface area contributed by atoms with E-state index >= 15 is 0 Å². The van der Waals surface area contributed by atoms with Crippen LogP contribution in [0.3, 0.4) is 0 Å². The van der Waals surface area contributed by atoms with Crippen molar-refractivity contribution in [1.29, 1.82) is 0 Å². The SMILES string of the molecule is CC.CC(C)CCOC(C)(C)C.Nc1ncnc2c1c(-c1ccc(Oc3ccccc3)cc1)nn2C1CCNCC1. The fourth-order valence-electron chi connectivity index (χ4n) is 4.41. The van der Waals surface area contributed by atoms with Crippen LogP contribution >= 0.6 is 0 Å². The molecular formula is C33H48N6O2. The monoisotopic (exact) mass is 560 g/mol. The van der Waals surface area contributed by atoms with Crippen LogP contribution in [0.4, 0.5) is 5.82 Å². The molecule has 4 aromatic rings. The third-order valence-corrected chi connectivity index (χ3v) is 6.51. The number of nitrogen functional groups attached to an aromatic ring is 1. The zero-order chi connectivity index (χ0) is 29.8. The van der Waals surface area contributed by atoms with E-state index in [2.05, 4.69) is 49.9 Å². The van der Waals surface area contributed by atoms with Crippen molar-refractivity contribution in [2.24, 2.45) is 5.92 Å². The van der Waals surface area contributed by atoms with E-state index in [1.165, 1.54) is 6.33 Å². The first kappa shape index (κ1) is 32.0. The van der Waals surface area contributed by atoms with Crippen molar-refractivity contribution < 1.29 is 9.47 Å². The molecular weight excluding hydrogens is 512 g/mol. The topological polar surface area (TPSA) is 100 Å². The molecule has 0 saturated carbocycles. The number of nitrogens with two attached hydrogens (primary N) is 1. The lowest BCUT2D eigenvalue weighted by Crippen LogP contribution is -2.30. The molecule has 1 aliphatic rings. The summed E-state index contributed by atoms with van der Waals surface area (Å²) in [6.07, 6.45) is 4.71. The summed E-state index contributed by atoms with van der Waals surface area (Å²) in [6.45, 7) is 17.5. The van der Waals surface area contributed by atoms with E-state index in [-0.39, 0.29) is 5.60 Å². The molecule has 5 rings (SSSR count). The standard InChI is InChI=1S/C22H22N6O.C9H20O.C2H6/c23-21-19-20(15-6-8-18(9-7-15)29-17-4-2-1-3-5-17)27-28(22(19)26-14-25-21)16-10-12-24-13-11-16;1-8(2)6-7-10-9(3,4)5;1-2/h1-9,14,16,24H,10-13H2,(H2,23,25,26);8H,6-7H2,1-5H3;1-2H3. The zero-order valence-electron chi connectivity index (χ0n) is 25.9. The quantitative estimate of drug-likeness (QED) is 0.239. The second-order valence-electron chi connectivity index (χ2n) is 11.3. The Hall–Kier alpha value is -3.49. The van der Waals surface area contributed by atoms with Crippen LogP contribution in [-0.4, -0.2) is 45.0 Å². The molecule has 41 heavy (non-hydrogen) atoms. The lowest BCUT2D eigenvalue weighted by atomic mass is 10.1. The lowest BCUT2D eigenvalue weighted by molar-refractivity contribution is -0.00775. The Balaban J connectivity index is 0.000000330. The summed E-state index contributed by atoms with van der Waals surface area (Å²) in [5.74, 6) is 2.78. The van der Waals surface area contributed by atoms with E-state index in [0.717, 1.165) is 78.7 Å². The van der Waals surface area contributed by atoms with E-state index in [1.54, 1.807) is 0 Å². The fourth-order valence-corrected chi connectivity index (χ4v) is 4.41. The number of hydrogen-bond acceptors (Lipinski definition) is 7. The molecule has 0 atom stereocenters. The number of para-hydroxylation sites is 1. The highest BCUT2D eigenvalue weighted by molar-refractivity contribution is 5.98. The predicted molar refractivity (Wildman–Crippen MR) is 169 cm³/mol. The molecule has 1 fully saturated rings. The van der Waals surface area contributed by atoms with Gasteiger partial charge < -0.3 is 20.5 Å². The van der Waals surface area contributed by atoms with Crippen LogP contribution in [0, 0.1) is 5.92 Å². The second kappa shape index (κ2) is 15.5. The third kappa shape index (κ3) is 9.54. The molecule has 8 heteroatoms. The molecule has 1 aliphatic heterocycles. The number of anilines is 1. The van der Waals surface area contributed by atoms with Gasteiger partial charge in [-0.2, -0.15) is 5.10 Å². The summed E-state index contributed by atoms with van der Waals surface area (Å²) in [4.78, 5) is 8.70. The molecule has 2 aromatic heterocycles. The van der Waals surface area contributed by atoms with Crippen molar-refractivity contribution in [3.05, 3.63) is 60.9 Å². The molecule has 1 saturated heterocycles. The van der Waals surface area contributed by atoms with Gasteiger partial charge in [0.25, 0.3) is 0 Å². The van der Waals surface area contributed by atoms with E-state index in [0.29, 0.717) is 11.9 Å². The van der Waals surface area contributed by atoms with Gasteiger partial charge in [-0.25, -0.2) is 14.6 Å². The Labute approximate surface area is 245 Å². The summed E-state index contributed by atoms with van der Waals surface area (Å²) in [7, 11) is 0. The Morgan fingerprint density at radius 1 is 0.951 bits per heavy atom. The van der Waals surface area contributed by atoms with Gasteiger partial charge in [-0.1, -0.05) is 45.9 Å². The predicted octanol–water partition coefficient (Wildman–Crippen LogP) is 7.67. The Kier molecular flexibility index (Phi) is 12.1. The number of rotatable bonds is 7. The van der Waals surface area contributed by atoms with Gasteiger partial charge in [0.05, 0.1) is 17.0 Å². The third-order valence-electron chi connectivity index (χ3n) is 6.51. The highest BCUT2D eigenvalue weighted by Crippen LogP contribution is 2.34. The molecule has 222 valence electrons. The number of ether oxygens (including phenoxy) is 2. The average molecular weight is 561 g/mol. The Morgan fingerprint density at radius 2 is 1.59 bits per heavy atom. The van der Waals surface area contributed by atoms with Gasteiger partial charge in [-0.3, -0.25) is 0 Å². The summed E-state index contributed by atoms with van der Waals surface area (Å²) in [5, 5.41) is 9.13. The summed E-state index contributed by atoms with van der Waals surface area (Å²) in [6, 6.07) is 17.9. The van der Waals surface area contributed by atoms with E-state index in [4.69, 9.17) is 20.3 Å². The Bertz CT molecular complexity index is 1310. The van der Waals surface area contributed by atoms with Gasteiger partial charge in [-0.05, 0) is 95.4 Å². The number of aromatic nitrogens is 4. The van der Waals surface area contributed by atoms with Crippen LogP contribution in [0.2, 0.25) is 0 Å². The maximum absolute atomic E-state index is 6.23. The van der Waals surface area contributed by atoms with Crippen LogP contribution in [0.5, 0.6) is 11.5 Å². The largest absolute Gasteiger partial charge is 0.457 e. The second-order valence-corrected chi connectivity index (χ2v) is 11.3. The smallest absolute Gasteiger partial charge is 0.164 e. The van der Waals surface area contributed by atoms with Gasteiger partial charge in [0.2, 0.25) is 0 Å². The van der Waals surface area contributed by atoms with Gasteiger partial charge >= 0.3 is 0 Å². The van der Waals surface area contributed by atoms with Crippen LogP contribution in [0.15, 0.2) is 60.9 Å². The highest BCUT2D eigenvalue weighted by Gasteiger charge is 2.23. The number of piperidine rings is 1. The van der Waals surface area contributed by atoms with Crippen LogP contribution in [-0.2, 0) is 4.74 Å². The molecule has 3 heterocycles. The van der Waals surface area contributed by atoms with Crippen molar-refractivity contribution in [2.45, 2.75) is 79.4 Å². The molecule has 0 spiro atoms. The number of fused-ring (bicyclic) bond motifs is 1. The molecule has 0 amide bonds. The number of nitrogens with zero attached hydrogens (tertiary/aromatic N) is 4. The minimum absolute atomic E-state index is 0.0366. The number of nitrogens with one attached hydrogen (secondary N) is 1. The minimum Gasteiger partial charge on any atom is -0.457 e. The average Bonchev–Trinajstić information content (AvgIpc) is 3.36. The van der Waals surface area contributed by atoms with E-state index in [1.807, 2.05) is 73.1 Å². The highest BCUT2D eigenvalue weighted by atomic mass is 16.5. The Morgan fingerprint density at radius 3 is 2.20 bits per heavy atom. The fraction of sp³-hybridized carbons (Fsp3) is 0.485. The van der Waals surface area contributed by atoms with Crippen molar-refractivity contribution in [3.63, 3.8) is 0 Å². The van der Waals surface area contributed by atoms with Crippen molar-refractivity contribution in [3.8, 4) is 22.8 Å². The zero-order valence-corrected chi connectivity index (χ0v) is 25.9. The van der Waals surface area contributed by atoms with E-state index < -0.39 is 0 Å². The first-order valence-electron chi connectivity index (χ1n) is 14.9. The first-order chi connectivity index (χ1) is 19.7. The normalized spacial score (nSPS) is 13.8. The number of hydrogen-bond donors (Lipinski definition) is 2. The van der Waals surface area contributed by atoms with Crippen LogP contribution in [0.1, 0.15) is 73.8 Å².